The van der Waals surface area contributed by atoms with Crippen LogP contribution in [0.2, 0.25) is 0 Å². The fourth-order valence-corrected chi connectivity index (χ4v) is 13.9. The molecule has 16 atom stereocenters. The summed E-state index contributed by atoms with van der Waals surface area (Å²) in [5.74, 6) is 3.28. The van der Waals surface area contributed by atoms with Crippen molar-refractivity contribution < 1.29 is 48.0 Å². The molecule has 8 saturated heterocycles. The summed E-state index contributed by atoms with van der Waals surface area (Å²) in [4.78, 5) is 37.1. The zero-order chi connectivity index (χ0) is 35.6. The quantitative estimate of drug-likeness (QED) is 0.109. The average molecular weight is 755 g/mol. The van der Waals surface area contributed by atoms with Crippen molar-refractivity contribution in [1.29, 1.82) is 0 Å². The highest BCUT2D eigenvalue weighted by molar-refractivity contribution is 8.00. The molecular formula is C39H62O10S2. The summed E-state index contributed by atoms with van der Waals surface area (Å²) in [5.41, 5.74) is -0.990. The molecule has 0 amide bonds. The van der Waals surface area contributed by atoms with Crippen LogP contribution in [0.15, 0.2) is 0 Å². The predicted molar refractivity (Wildman–Crippen MR) is 193 cm³/mol. The van der Waals surface area contributed by atoms with E-state index in [4.69, 9.17) is 43.2 Å². The number of carbonyl (C=O) groups excluding carboxylic acids is 1. The molecule has 10 nitrogen and oxygen atoms in total. The molecule has 0 aromatic rings. The van der Waals surface area contributed by atoms with Crippen LogP contribution in [0.1, 0.15) is 125 Å². The zero-order valence-corrected chi connectivity index (χ0v) is 33.3. The molecule has 0 aromatic carbocycles. The van der Waals surface area contributed by atoms with E-state index in [0.29, 0.717) is 60.2 Å². The van der Waals surface area contributed by atoms with Crippen LogP contribution in [0.5, 0.6) is 0 Å². The lowest BCUT2D eigenvalue weighted by Crippen LogP contribution is -2.70. The minimum Gasteiger partial charge on any atom is -0.466 e. The SMILES string of the molecule is C[C@H]1[C@H](SCCCCCCOC(=O)CCSC2O[C@@H]3O[C@]4(C)CC[C@H]5[C@H](C)CC[C@@H]([C@H]2C)[C@@]35OO4)O[C@@H]2O[C@@]3(C)CC[C@H]4[C@H](C)CC[C@@H]1[C@@]24OO3. The van der Waals surface area contributed by atoms with E-state index in [0.717, 1.165) is 70.0 Å². The first-order valence-electron chi connectivity index (χ1n) is 20.3. The van der Waals surface area contributed by atoms with Gasteiger partial charge < -0.3 is 23.7 Å². The van der Waals surface area contributed by atoms with Crippen molar-refractivity contribution in [2.75, 3.05) is 18.1 Å². The normalized spacial score (nSPS) is 51.3. The number of hydrogen-bond acceptors (Lipinski definition) is 12. The molecule has 51 heavy (non-hydrogen) atoms. The maximum atomic E-state index is 12.6. The van der Waals surface area contributed by atoms with Gasteiger partial charge >= 0.3 is 5.97 Å². The smallest absolute Gasteiger partial charge is 0.306 e. The van der Waals surface area contributed by atoms with Gasteiger partial charge in [0.15, 0.2) is 23.8 Å². The molecule has 0 N–H and O–H groups in total. The minimum absolute atomic E-state index is 0.0521. The highest BCUT2D eigenvalue weighted by atomic mass is 32.2. The monoisotopic (exact) mass is 754 g/mol. The molecule has 4 bridgehead atoms. The van der Waals surface area contributed by atoms with Gasteiger partial charge in [-0.15, -0.1) is 23.5 Å². The maximum Gasteiger partial charge on any atom is 0.306 e. The minimum atomic E-state index is -0.769. The lowest BCUT2D eigenvalue weighted by molar-refractivity contribution is -0.568. The number of carbonyl (C=O) groups is 1. The van der Waals surface area contributed by atoms with Crippen LogP contribution in [0.25, 0.3) is 0 Å². The summed E-state index contributed by atoms with van der Waals surface area (Å²) in [6.07, 6.45) is 12.1. The molecule has 1 unspecified atom stereocenters. The van der Waals surface area contributed by atoms with Gasteiger partial charge in [0.2, 0.25) is 11.6 Å². The average Bonchev–Trinajstić information content (AvgIpc) is 3.48. The molecule has 10 fully saturated rings. The molecular weight excluding hydrogens is 693 g/mol. The number of ether oxygens (including phenoxy) is 5. The third kappa shape index (κ3) is 6.67. The van der Waals surface area contributed by atoms with Crippen LogP contribution in [-0.4, -0.2) is 70.3 Å². The summed E-state index contributed by atoms with van der Waals surface area (Å²) in [6.45, 7) is 13.7. The molecule has 10 aliphatic rings. The van der Waals surface area contributed by atoms with Crippen molar-refractivity contribution in [2.24, 2.45) is 47.3 Å². The molecule has 8 aliphatic heterocycles. The van der Waals surface area contributed by atoms with E-state index in [1.807, 2.05) is 25.6 Å². The van der Waals surface area contributed by atoms with Gasteiger partial charge in [0.05, 0.1) is 13.0 Å². The standard InChI is InChI=1S/C39H62O10S2/c1-23-11-13-29-25(3)32(42-34-38(29)27(23)15-18-36(5,44-34)46-48-38)50-21-10-8-7-9-20-41-31(40)17-22-51-33-26(4)30-14-12-24(2)28-16-19-37(6)45-35(43-33)39(28,30)49-47-37/h23-30,32-35H,7-22H2,1-6H3/t23-,24-,25-,26-,27+,28+,29+,30+,32+,33?,34-,35-,36-,37+,38-,39-/m1/s1. The van der Waals surface area contributed by atoms with Crippen molar-refractivity contribution in [3.8, 4) is 0 Å². The van der Waals surface area contributed by atoms with Gasteiger partial charge in [-0.05, 0) is 106 Å². The third-order valence-electron chi connectivity index (χ3n) is 14.4. The summed E-state index contributed by atoms with van der Waals surface area (Å²) in [6, 6.07) is 0. The second kappa shape index (κ2) is 14.7. The molecule has 2 spiro atoms. The van der Waals surface area contributed by atoms with Crippen LogP contribution in [0.3, 0.4) is 0 Å². The Morgan fingerprint density at radius 3 is 1.69 bits per heavy atom. The summed E-state index contributed by atoms with van der Waals surface area (Å²) < 4.78 is 32.0. The number of hydrogen-bond donors (Lipinski definition) is 0. The number of fused-ring (bicyclic) bond motifs is 4. The van der Waals surface area contributed by atoms with E-state index in [1.54, 1.807) is 11.8 Å². The second-order valence-corrected chi connectivity index (χ2v) is 20.1. The van der Waals surface area contributed by atoms with E-state index >= 15 is 0 Å². The van der Waals surface area contributed by atoms with Crippen molar-refractivity contribution in [3.63, 3.8) is 0 Å². The van der Waals surface area contributed by atoms with Crippen LogP contribution < -0.4 is 0 Å². The lowest BCUT2D eigenvalue weighted by atomic mass is 9.58. The van der Waals surface area contributed by atoms with Gasteiger partial charge in [-0.1, -0.05) is 40.5 Å². The molecule has 290 valence electrons. The van der Waals surface area contributed by atoms with Gasteiger partial charge in [0.25, 0.3) is 0 Å². The largest absolute Gasteiger partial charge is 0.466 e. The first-order valence-corrected chi connectivity index (χ1v) is 22.4. The van der Waals surface area contributed by atoms with Crippen molar-refractivity contribution >= 4 is 29.5 Å². The van der Waals surface area contributed by atoms with Crippen molar-refractivity contribution in [1.82, 2.24) is 0 Å². The second-order valence-electron chi connectivity index (χ2n) is 17.7. The molecule has 12 heteroatoms. The fraction of sp³-hybridized carbons (Fsp3) is 0.974. The Kier molecular flexibility index (Phi) is 10.9. The highest BCUT2D eigenvalue weighted by Crippen LogP contribution is 2.63. The number of esters is 1. The Morgan fingerprint density at radius 2 is 1.14 bits per heavy atom. The van der Waals surface area contributed by atoms with Gasteiger partial charge in [-0.2, -0.15) is 0 Å². The van der Waals surface area contributed by atoms with Crippen LogP contribution in [-0.2, 0) is 48.0 Å². The Hall–Kier alpha value is -0.150. The van der Waals surface area contributed by atoms with E-state index < -0.39 is 29.1 Å². The number of unbranched alkanes of at least 4 members (excludes halogenated alkanes) is 3. The van der Waals surface area contributed by atoms with E-state index in [-0.39, 0.29) is 29.0 Å². The first-order chi connectivity index (χ1) is 24.5. The molecule has 2 saturated carbocycles. The van der Waals surface area contributed by atoms with Crippen LogP contribution in [0.4, 0.5) is 0 Å². The summed E-state index contributed by atoms with van der Waals surface area (Å²) >= 11 is 3.63. The molecule has 0 radical (unpaired) electrons. The first kappa shape index (κ1) is 37.8. The topological polar surface area (TPSA) is 100 Å². The Morgan fingerprint density at radius 1 is 0.627 bits per heavy atom. The van der Waals surface area contributed by atoms with Gasteiger partial charge in [-0.25, -0.2) is 19.6 Å². The molecule has 0 aromatic heterocycles. The molecule has 10 rings (SSSR count). The van der Waals surface area contributed by atoms with Gasteiger partial charge in [-0.3, -0.25) is 4.79 Å². The number of rotatable bonds is 12. The molecule has 8 heterocycles. The summed E-state index contributed by atoms with van der Waals surface area (Å²) in [7, 11) is 0. The Bertz CT molecular complexity index is 1260. The highest BCUT2D eigenvalue weighted by Gasteiger charge is 2.70. The predicted octanol–water partition coefficient (Wildman–Crippen LogP) is 8.36. The third-order valence-corrected chi connectivity index (χ3v) is 17.1. The summed E-state index contributed by atoms with van der Waals surface area (Å²) in [5, 5.41) is 0. The van der Waals surface area contributed by atoms with Crippen molar-refractivity contribution in [2.45, 2.75) is 171 Å². The lowest BCUT2D eigenvalue weighted by Gasteiger charge is -2.60. The number of thioether (sulfide) groups is 2. The van der Waals surface area contributed by atoms with Crippen molar-refractivity contribution in [3.05, 3.63) is 0 Å². The Balaban J connectivity index is 0.726. The van der Waals surface area contributed by atoms with Crippen LogP contribution >= 0.6 is 23.5 Å². The van der Waals surface area contributed by atoms with Crippen LogP contribution in [0, 0.1) is 47.3 Å². The Labute approximate surface area is 313 Å². The van der Waals surface area contributed by atoms with Gasteiger partial charge in [0.1, 0.15) is 10.9 Å². The molecule has 2 aliphatic carbocycles. The fourth-order valence-electron chi connectivity index (χ4n) is 11.4. The van der Waals surface area contributed by atoms with E-state index in [9.17, 15) is 4.79 Å². The van der Waals surface area contributed by atoms with E-state index in [2.05, 4.69) is 27.7 Å². The van der Waals surface area contributed by atoms with E-state index in [1.165, 1.54) is 12.8 Å². The van der Waals surface area contributed by atoms with Gasteiger partial charge in [0, 0.05) is 30.4 Å². The maximum absolute atomic E-state index is 12.6. The zero-order valence-electron chi connectivity index (χ0n) is 31.6.